The van der Waals surface area contributed by atoms with E-state index < -0.39 is 0 Å². The maximum atomic E-state index is 12.0. The second-order valence-corrected chi connectivity index (χ2v) is 5.77. The average Bonchev–Trinajstić information content (AvgIpc) is 2.99. The first-order valence-electron chi connectivity index (χ1n) is 7.41. The maximum Gasteiger partial charge on any atom is 0.237 e. The minimum Gasteiger partial charge on any atom is -0.354 e. The Morgan fingerprint density at radius 2 is 2.11 bits per heavy atom. The Kier molecular flexibility index (Phi) is 3.83. The number of fused-ring (bicyclic) bond motifs is 1. The summed E-state index contributed by atoms with van der Waals surface area (Å²) in [6.07, 6.45) is 5.55. The Hall–Kier alpha value is -1.35. The van der Waals surface area contributed by atoms with Crippen molar-refractivity contribution in [2.45, 2.75) is 38.1 Å². The van der Waals surface area contributed by atoms with Crippen molar-refractivity contribution in [1.82, 2.24) is 10.6 Å². The molecule has 2 atom stereocenters. The highest BCUT2D eigenvalue weighted by molar-refractivity contribution is 5.81. The summed E-state index contributed by atoms with van der Waals surface area (Å²) < 4.78 is 0. The summed E-state index contributed by atoms with van der Waals surface area (Å²) in [4.78, 5) is 12.0. The molecular weight excluding hydrogens is 236 g/mol. The molecule has 0 radical (unpaired) electrons. The lowest BCUT2D eigenvalue weighted by Gasteiger charge is -2.25. The molecule has 1 saturated heterocycles. The largest absolute Gasteiger partial charge is 0.354 e. The van der Waals surface area contributed by atoms with Crippen LogP contribution in [-0.2, 0) is 17.6 Å². The van der Waals surface area contributed by atoms with E-state index in [0.717, 1.165) is 38.8 Å². The second-order valence-electron chi connectivity index (χ2n) is 5.77. The second kappa shape index (κ2) is 5.74. The summed E-state index contributed by atoms with van der Waals surface area (Å²) in [6.45, 7) is 1.81. The van der Waals surface area contributed by atoms with Crippen LogP contribution >= 0.6 is 0 Å². The number of hydrogen-bond acceptors (Lipinski definition) is 2. The fourth-order valence-corrected chi connectivity index (χ4v) is 3.22. The van der Waals surface area contributed by atoms with Crippen molar-refractivity contribution in [3.05, 3.63) is 35.4 Å². The van der Waals surface area contributed by atoms with Gasteiger partial charge in [-0.25, -0.2) is 0 Å². The molecule has 102 valence electrons. The third kappa shape index (κ3) is 2.98. The molecule has 1 aromatic rings. The van der Waals surface area contributed by atoms with Crippen LogP contribution in [0.15, 0.2) is 24.3 Å². The monoisotopic (exact) mass is 258 g/mol. The molecule has 2 unspecified atom stereocenters. The van der Waals surface area contributed by atoms with Crippen LogP contribution in [0, 0.1) is 5.92 Å². The normalized spacial score (nSPS) is 25.9. The smallest absolute Gasteiger partial charge is 0.237 e. The van der Waals surface area contributed by atoms with Gasteiger partial charge in [0, 0.05) is 6.54 Å². The molecule has 1 aliphatic carbocycles. The first kappa shape index (κ1) is 12.7. The van der Waals surface area contributed by atoms with E-state index in [1.54, 1.807) is 0 Å². The van der Waals surface area contributed by atoms with Gasteiger partial charge >= 0.3 is 0 Å². The first-order valence-corrected chi connectivity index (χ1v) is 7.41. The maximum absolute atomic E-state index is 12.0. The summed E-state index contributed by atoms with van der Waals surface area (Å²) in [5.74, 6) is 0.789. The lowest BCUT2D eigenvalue weighted by atomic mass is 9.84. The minimum absolute atomic E-state index is 0.0517. The van der Waals surface area contributed by atoms with Crippen LogP contribution in [0.3, 0.4) is 0 Å². The third-order valence-corrected chi connectivity index (χ3v) is 4.39. The lowest BCUT2D eigenvalue weighted by Crippen LogP contribution is -2.42. The molecule has 0 aromatic heterocycles. The van der Waals surface area contributed by atoms with E-state index in [0.29, 0.717) is 5.92 Å². The van der Waals surface area contributed by atoms with Gasteiger partial charge in [-0.1, -0.05) is 24.3 Å². The molecule has 2 N–H and O–H groups in total. The summed E-state index contributed by atoms with van der Waals surface area (Å²) in [7, 11) is 0. The standard InChI is InChI=1S/C16H22N2O/c19-16(15-6-3-9-17-15)18-11-12-7-8-13-4-1-2-5-14(13)10-12/h1-2,4-5,12,15,17H,3,6-11H2,(H,18,19). The number of carbonyl (C=O) groups excluding carboxylic acids is 1. The molecule has 1 aromatic carbocycles. The van der Waals surface area contributed by atoms with Crippen molar-refractivity contribution >= 4 is 5.91 Å². The van der Waals surface area contributed by atoms with Crippen molar-refractivity contribution in [2.75, 3.05) is 13.1 Å². The predicted molar refractivity (Wildman–Crippen MR) is 76.0 cm³/mol. The molecule has 3 rings (SSSR count). The summed E-state index contributed by atoms with van der Waals surface area (Å²) in [5.41, 5.74) is 2.95. The number of nitrogens with one attached hydrogen (secondary N) is 2. The summed E-state index contributed by atoms with van der Waals surface area (Å²) in [6, 6.07) is 8.74. The van der Waals surface area contributed by atoms with Crippen LogP contribution in [0.1, 0.15) is 30.4 Å². The molecular formula is C16H22N2O. The minimum atomic E-state index is 0.0517. The Bertz CT molecular complexity index is 452. The molecule has 1 fully saturated rings. The number of aryl methyl sites for hydroxylation is 1. The molecule has 3 heteroatoms. The van der Waals surface area contributed by atoms with Crippen molar-refractivity contribution < 1.29 is 4.79 Å². The number of amides is 1. The molecule has 1 aliphatic heterocycles. The Balaban J connectivity index is 1.50. The number of hydrogen-bond donors (Lipinski definition) is 2. The molecule has 1 heterocycles. The van der Waals surface area contributed by atoms with E-state index in [4.69, 9.17) is 0 Å². The van der Waals surface area contributed by atoms with Gasteiger partial charge in [-0.15, -0.1) is 0 Å². The van der Waals surface area contributed by atoms with Crippen LogP contribution in [0.25, 0.3) is 0 Å². The lowest BCUT2D eigenvalue weighted by molar-refractivity contribution is -0.123. The van der Waals surface area contributed by atoms with E-state index in [1.807, 2.05) is 0 Å². The van der Waals surface area contributed by atoms with Gasteiger partial charge in [-0.2, -0.15) is 0 Å². The zero-order valence-corrected chi connectivity index (χ0v) is 11.3. The number of carbonyl (C=O) groups is 1. The van der Waals surface area contributed by atoms with Crippen molar-refractivity contribution in [3.8, 4) is 0 Å². The van der Waals surface area contributed by atoms with E-state index in [2.05, 4.69) is 34.9 Å². The highest BCUT2D eigenvalue weighted by Gasteiger charge is 2.23. The van der Waals surface area contributed by atoms with Crippen LogP contribution in [-0.4, -0.2) is 25.0 Å². The van der Waals surface area contributed by atoms with E-state index in [1.165, 1.54) is 17.5 Å². The van der Waals surface area contributed by atoms with Gasteiger partial charge in [0.15, 0.2) is 0 Å². The average molecular weight is 258 g/mol. The summed E-state index contributed by atoms with van der Waals surface area (Å²) >= 11 is 0. The molecule has 3 nitrogen and oxygen atoms in total. The molecule has 0 bridgehead atoms. The van der Waals surface area contributed by atoms with Gasteiger partial charge in [0.25, 0.3) is 0 Å². The molecule has 19 heavy (non-hydrogen) atoms. The summed E-state index contributed by atoms with van der Waals surface area (Å²) in [5, 5.41) is 6.37. The van der Waals surface area contributed by atoms with Gasteiger partial charge in [0.1, 0.15) is 0 Å². The van der Waals surface area contributed by atoms with E-state index in [-0.39, 0.29) is 11.9 Å². The highest BCUT2D eigenvalue weighted by Crippen LogP contribution is 2.24. The van der Waals surface area contributed by atoms with Gasteiger partial charge in [0.05, 0.1) is 6.04 Å². The van der Waals surface area contributed by atoms with Crippen LogP contribution in [0.2, 0.25) is 0 Å². The highest BCUT2D eigenvalue weighted by atomic mass is 16.2. The number of benzene rings is 1. The van der Waals surface area contributed by atoms with Gasteiger partial charge < -0.3 is 10.6 Å². The Labute approximate surface area is 114 Å². The molecule has 0 spiro atoms. The third-order valence-electron chi connectivity index (χ3n) is 4.39. The quantitative estimate of drug-likeness (QED) is 0.865. The van der Waals surface area contributed by atoms with Gasteiger partial charge in [-0.3, -0.25) is 4.79 Å². The van der Waals surface area contributed by atoms with Crippen LogP contribution in [0.5, 0.6) is 0 Å². The predicted octanol–water partition coefficient (Wildman–Crippen LogP) is 1.66. The fourth-order valence-electron chi connectivity index (χ4n) is 3.22. The van der Waals surface area contributed by atoms with E-state index >= 15 is 0 Å². The Morgan fingerprint density at radius 3 is 2.89 bits per heavy atom. The van der Waals surface area contributed by atoms with Crippen molar-refractivity contribution in [2.24, 2.45) is 5.92 Å². The van der Waals surface area contributed by atoms with Crippen LogP contribution < -0.4 is 10.6 Å². The first-order chi connectivity index (χ1) is 9.33. The van der Waals surface area contributed by atoms with Gasteiger partial charge in [-0.05, 0) is 55.7 Å². The number of rotatable bonds is 3. The molecule has 0 saturated carbocycles. The van der Waals surface area contributed by atoms with Crippen LogP contribution in [0.4, 0.5) is 0 Å². The molecule has 2 aliphatic rings. The van der Waals surface area contributed by atoms with Crippen molar-refractivity contribution in [3.63, 3.8) is 0 Å². The zero-order valence-electron chi connectivity index (χ0n) is 11.3. The fraction of sp³-hybridized carbons (Fsp3) is 0.562. The SMILES string of the molecule is O=C(NCC1CCc2ccccc2C1)C1CCCN1. The topological polar surface area (TPSA) is 41.1 Å². The Morgan fingerprint density at radius 1 is 1.26 bits per heavy atom. The molecule has 1 amide bonds. The van der Waals surface area contributed by atoms with Crippen molar-refractivity contribution in [1.29, 1.82) is 0 Å². The van der Waals surface area contributed by atoms with E-state index in [9.17, 15) is 4.79 Å². The van der Waals surface area contributed by atoms with Gasteiger partial charge in [0.2, 0.25) is 5.91 Å². The zero-order chi connectivity index (χ0) is 13.1.